The molecule has 1 amide bonds. The third-order valence-electron chi connectivity index (χ3n) is 9.94. The number of benzene rings is 4. The molecule has 0 radical (unpaired) electrons. The van der Waals surface area contributed by atoms with Gasteiger partial charge in [0.2, 0.25) is 0 Å². The number of methoxy groups -OCH3 is 2. The third kappa shape index (κ3) is 7.86. The van der Waals surface area contributed by atoms with Crippen molar-refractivity contribution in [2.75, 3.05) is 33.9 Å². The van der Waals surface area contributed by atoms with E-state index < -0.39 is 11.9 Å². The van der Waals surface area contributed by atoms with Crippen LogP contribution in [0.3, 0.4) is 0 Å². The predicted molar refractivity (Wildman–Crippen MR) is 201 cm³/mol. The van der Waals surface area contributed by atoms with E-state index in [0.29, 0.717) is 42.1 Å². The van der Waals surface area contributed by atoms with Crippen molar-refractivity contribution in [3.63, 3.8) is 0 Å². The lowest BCUT2D eigenvalue weighted by atomic mass is 9.96. The number of hydrogen-bond acceptors (Lipinski definition) is 5. The SMILES string of the molecule is CCC(Cc1cc(OC)c(OC)c(-n2c(C)cc(C(=O)N3CCN(Cc4ccccc4)C[C@H]3Cc3ccccc3)c2-c2ccccc2)c1)C(=O)O. The van der Waals surface area contributed by atoms with E-state index >= 15 is 4.79 Å². The van der Waals surface area contributed by atoms with Gasteiger partial charge in [0.05, 0.1) is 37.1 Å². The van der Waals surface area contributed by atoms with E-state index in [4.69, 9.17) is 9.47 Å². The third-order valence-corrected chi connectivity index (χ3v) is 9.94. The number of rotatable bonds is 13. The minimum absolute atomic E-state index is 0.0185. The van der Waals surface area contributed by atoms with E-state index in [0.717, 1.165) is 48.6 Å². The molecule has 264 valence electrons. The van der Waals surface area contributed by atoms with Crippen molar-refractivity contribution in [1.29, 1.82) is 0 Å². The van der Waals surface area contributed by atoms with Gasteiger partial charge in [-0.25, -0.2) is 0 Å². The van der Waals surface area contributed by atoms with Gasteiger partial charge in [-0.15, -0.1) is 0 Å². The molecule has 6 rings (SSSR count). The molecule has 0 aliphatic carbocycles. The van der Waals surface area contributed by atoms with Crippen LogP contribution in [0.4, 0.5) is 0 Å². The molecule has 0 saturated carbocycles. The Balaban J connectivity index is 1.45. The molecule has 51 heavy (non-hydrogen) atoms. The fraction of sp³-hybridized carbons (Fsp3) is 0.302. The zero-order valence-electron chi connectivity index (χ0n) is 29.9. The Morgan fingerprint density at radius 2 is 1.47 bits per heavy atom. The Labute approximate surface area is 300 Å². The van der Waals surface area contributed by atoms with Crippen LogP contribution < -0.4 is 9.47 Å². The van der Waals surface area contributed by atoms with Crippen LogP contribution in [0.1, 0.15) is 46.1 Å². The number of aliphatic carboxylic acids is 1. The van der Waals surface area contributed by atoms with Gasteiger partial charge in [0.15, 0.2) is 11.5 Å². The van der Waals surface area contributed by atoms with Gasteiger partial charge in [-0.3, -0.25) is 14.5 Å². The first-order chi connectivity index (χ1) is 24.8. The summed E-state index contributed by atoms with van der Waals surface area (Å²) in [5, 5.41) is 9.87. The number of aryl methyl sites for hydroxylation is 1. The number of amides is 1. The molecule has 1 N–H and O–H groups in total. The van der Waals surface area contributed by atoms with E-state index in [9.17, 15) is 9.90 Å². The largest absolute Gasteiger partial charge is 0.493 e. The van der Waals surface area contributed by atoms with Crippen molar-refractivity contribution >= 4 is 11.9 Å². The molecule has 1 fully saturated rings. The summed E-state index contributed by atoms with van der Waals surface area (Å²) in [5.41, 5.74) is 7.06. The van der Waals surface area contributed by atoms with Crippen molar-refractivity contribution in [2.24, 2.45) is 5.92 Å². The highest BCUT2D eigenvalue weighted by atomic mass is 16.5. The van der Waals surface area contributed by atoms with E-state index in [1.54, 1.807) is 14.2 Å². The minimum atomic E-state index is -0.835. The Kier molecular flexibility index (Phi) is 11.2. The van der Waals surface area contributed by atoms with Crippen LogP contribution in [0, 0.1) is 12.8 Å². The van der Waals surface area contributed by atoms with Crippen LogP contribution in [-0.4, -0.2) is 71.2 Å². The van der Waals surface area contributed by atoms with Gasteiger partial charge in [0, 0.05) is 37.9 Å². The molecule has 4 aromatic carbocycles. The summed E-state index contributed by atoms with van der Waals surface area (Å²) in [6.45, 7) is 6.83. The highest BCUT2D eigenvalue weighted by molar-refractivity contribution is 6.01. The molecule has 8 nitrogen and oxygen atoms in total. The first kappa shape index (κ1) is 35.5. The quantitative estimate of drug-likeness (QED) is 0.137. The Morgan fingerprint density at radius 1 is 0.824 bits per heavy atom. The second kappa shape index (κ2) is 16.1. The monoisotopic (exact) mass is 685 g/mol. The number of nitrogens with zero attached hydrogens (tertiary/aromatic N) is 3. The fourth-order valence-electron chi connectivity index (χ4n) is 7.36. The van der Waals surface area contributed by atoms with Crippen molar-refractivity contribution in [3.05, 3.63) is 137 Å². The van der Waals surface area contributed by atoms with E-state index in [1.807, 2.05) is 74.5 Å². The molecule has 2 atom stereocenters. The summed E-state index contributed by atoms with van der Waals surface area (Å²) in [5.74, 6) is -0.388. The van der Waals surface area contributed by atoms with Crippen LogP contribution in [0.15, 0.2) is 109 Å². The molecule has 0 spiro atoms. The lowest BCUT2D eigenvalue weighted by Gasteiger charge is -2.42. The number of hydrogen-bond donors (Lipinski definition) is 1. The van der Waals surface area contributed by atoms with E-state index in [1.165, 1.54) is 11.1 Å². The normalized spacial score (nSPS) is 15.4. The second-order valence-electron chi connectivity index (χ2n) is 13.3. The lowest BCUT2D eigenvalue weighted by molar-refractivity contribution is -0.141. The van der Waals surface area contributed by atoms with Crippen LogP contribution in [0.5, 0.6) is 11.5 Å². The molecule has 8 heteroatoms. The highest BCUT2D eigenvalue weighted by Crippen LogP contribution is 2.41. The molecule has 5 aromatic rings. The first-order valence-corrected chi connectivity index (χ1v) is 17.7. The molecule has 2 heterocycles. The molecule has 1 aliphatic heterocycles. The number of piperazine rings is 1. The number of carboxylic acids is 1. The molecule has 1 unspecified atom stereocenters. The second-order valence-corrected chi connectivity index (χ2v) is 13.3. The Hall–Kier alpha value is -5.34. The van der Waals surface area contributed by atoms with Gasteiger partial charge in [-0.1, -0.05) is 97.9 Å². The zero-order chi connectivity index (χ0) is 35.9. The number of ether oxygens (including phenoxy) is 2. The number of carbonyl (C=O) groups is 2. The van der Waals surface area contributed by atoms with Crippen molar-refractivity contribution < 1.29 is 24.2 Å². The first-order valence-electron chi connectivity index (χ1n) is 17.7. The van der Waals surface area contributed by atoms with E-state index in [2.05, 4.69) is 62.9 Å². The number of carboxylic acid groups (broad SMARTS) is 1. The molecule has 1 aromatic heterocycles. The average Bonchev–Trinajstić information content (AvgIpc) is 3.50. The maximum Gasteiger partial charge on any atom is 0.306 e. The van der Waals surface area contributed by atoms with Gasteiger partial charge < -0.3 is 24.0 Å². The van der Waals surface area contributed by atoms with Gasteiger partial charge in [0.1, 0.15) is 0 Å². The number of aromatic nitrogens is 1. The number of carbonyl (C=O) groups excluding carboxylic acids is 1. The Bertz CT molecular complexity index is 1940. The Morgan fingerprint density at radius 3 is 2.08 bits per heavy atom. The van der Waals surface area contributed by atoms with Gasteiger partial charge >= 0.3 is 5.97 Å². The smallest absolute Gasteiger partial charge is 0.306 e. The van der Waals surface area contributed by atoms with Crippen molar-refractivity contribution in [1.82, 2.24) is 14.4 Å². The topological polar surface area (TPSA) is 84.2 Å². The summed E-state index contributed by atoms with van der Waals surface area (Å²) >= 11 is 0. The summed E-state index contributed by atoms with van der Waals surface area (Å²) in [7, 11) is 3.18. The molecular formula is C43H47N3O5. The van der Waals surface area contributed by atoms with Gasteiger partial charge in [0.25, 0.3) is 5.91 Å². The zero-order valence-corrected chi connectivity index (χ0v) is 29.9. The summed E-state index contributed by atoms with van der Waals surface area (Å²) in [6.07, 6.45) is 1.58. The van der Waals surface area contributed by atoms with Crippen molar-refractivity contribution in [2.45, 2.75) is 45.7 Å². The molecular weight excluding hydrogens is 638 g/mol. The molecule has 1 saturated heterocycles. The van der Waals surface area contributed by atoms with Crippen LogP contribution >= 0.6 is 0 Å². The van der Waals surface area contributed by atoms with Crippen LogP contribution in [-0.2, 0) is 24.2 Å². The van der Waals surface area contributed by atoms with Gasteiger partial charge in [-0.2, -0.15) is 0 Å². The maximum atomic E-state index is 15.0. The summed E-state index contributed by atoms with van der Waals surface area (Å²) < 4.78 is 13.8. The fourth-order valence-corrected chi connectivity index (χ4v) is 7.36. The van der Waals surface area contributed by atoms with E-state index in [-0.39, 0.29) is 11.9 Å². The average molecular weight is 686 g/mol. The molecule has 1 aliphatic rings. The van der Waals surface area contributed by atoms with Crippen LogP contribution in [0.25, 0.3) is 16.9 Å². The highest BCUT2D eigenvalue weighted by Gasteiger charge is 2.34. The summed E-state index contributed by atoms with van der Waals surface area (Å²) in [6, 6.07) is 36.6. The lowest BCUT2D eigenvalue weighted by Crippen LogP contribution is -2.55. The predicted octanol–water partition coefficient (Wildman–Crippen LogP) is 7.69. The standard InChI is InChI=1S/C43H47N3O5/c1-5-34(43(48)49)24-33-26-38(41(51-4)39(27-33)50-3)46-30(2)23-37(40(46)35-19-13-8-14-20-35)42(47)45-22-21-44(28-32-17-11-7-12-18-32)29-36(45)25-31-15-9-6-10-16-31/h6-20,23,26-27,34,36H,5,21-22,24-25,28-29H2,1-4H3,(H,48,49)/t34?,36-/m1/s1. The minimum Gasteiger partial charge on any atom is -0.493 e. The summed E-state index contributed by atoms with van der Waals surface area (Å²) in [4.78, 5) is 31.6. The van der Waals surface area contributed by atoms with Crippen molar-refractivity contribution in [3.8, 4) is 28.4 Å². The van der Waals surface area contributed by atoms with Crippen LogP contribution in [0.2, 0.25) is 0 Å². The maximum absolute atomic E-state index is 15.0. The van der Waals surface area contributed by atoms with Gasteiger partial charge in [-0.05, 0) is 66.6 Å². The molecule has 0 bridgehead atoms.